The number of para-hydroxylation sites is 2. The number of hydrogen-bond acceptors (Lipinski definition) is 2. The molecule has 0 fully saturated rings. The standard InChI is InChI=1S/C18H20F3N3O/c1-24(14-8-3-2-4-9-14)13-7-12-22-17(25)23-16-11-6-5-10-15(16)18(19,20)21/h2-6,8-11H,7,12-13H2,1H3,(H2,22,23,25). The highest BCUT2D eigenvalue weighted by atomic mass is 19.4. The Hall–Kier alpha value is -2.70. The molecule has 0 saturated carbocycles. The van der Waals surface area contributed by atoms with Gasteiger partial charge in [-0.3, -0.25) is 0 Å². The van der Waals surface area contributed by atoms with Gasteiger partial charge in [0.05, 0.1) is 11.3 Å². The molecule has 0 aliphatic heterocycles. The van der Waals surface area contributed by atoms with Crippen molar-refractivity contribution in [2.24, 2.45) is 0 Å². The first-order valence-electron chi connectivity index (χ1n) is 7.85. The Balaban J connectivity index is 1.78. The van der Waals surface area contributed by atoms with Crippen LogP contribution in [0.15, 0.2) is 54.6 Å². The van der Waals surface area contributed by atoms with Gasteiger partial charge < -0.3 is 15.5 Å². The van der Waals surface area contributed by atoms with Gasteiger partial charge in [0, 0.05) is 25.8 Å². The van der Waals surface area contributed by atoms with Crippen molar-refractivity contribution in [3.05, 3.63) is 60.2 Å². The molecule has 0 heterocycles. The minimum atomic E-state index is -4.51. The van der Waals surface area contributed by atoms with Crippen LogP contribution in [0.25, 0.3) is 0 Å². The molecule has 0 aromatic heterocycles. The molecule has 0 unspecified atom stereocenters. The summed E-state index contributed by atoms with van der Waals surface area (Å²) in [5.41, 5.74) is -0.0612. The molecular weight excluding hydrogens is 331 g/mol. The van der Waals surface area contributed by atoms with Crippen LogP contribution in [0, 0.1) is 0 Å². The second-order valence-corrected chi connectivity index (χ2v) is 5.53. The number of urea groups is 1. The summed E-state index contributed by atoms with van der Waals surface area (Å²) in [4.78, 5) is 13.8. The summed E-state index contributed by atoms with van der Waals surface area (Å²) in [6, 6.07) is 14.0. The number of amides is 2. The zero-order valence-corrected chi connectivity index (χ0v) is 13.8. The molecule has 2 aromatic rings. The van der Waals surface area contributed by atoms with Gasteiger partial charge in [0.1, 0.15) is 0 Å². The monoisotopic (exact) mass is 351 g/mol. The van der Waals surface area contributed by atoms with Gasteiger partial charge in [-0.05, 0) is 30.7 Å². The number of alkyl halides is 3. The van der Waals surface area contributed by atoms with Crippen LogP contribution in [0.4, 0.5) is 29.3 Å². The summed E-state index contributed by atoms with van der Waals surface area (Å²) in [6.07, 6.45) is -3.85. The number of rotatable bonds is 6. The summed E-state index contributed by atoms with van der Waals surface area (Å²) in [5.74, 6) is 0. The van der Waals surface area contributed by atoms with Gasteiger partial charge in [-0.15, -0.1) is 0 Å². The molecule has 0 saturated heterocycles. The Kier molecular flexibility index (Phi) is 6.27. The van der Waals surface area contributed by atoms with Crippen LogP contribution >= 0.6 is 0 Å². The molecule has 0 atom stereocenters. The Morgan fingerprint density at radius 1 is 1.04 bits per heavy atom. The van der Waals surface area contributed by atoms with E-state index in [1.165, 1.54) is 18.2 Å². The lowest BCUT2D eigenvalue weighted by Crippen LogP contribution is -2.32. The average Bonchev–Trinajstić information content (AvgIpc) is 2.59. The van der Waals surface area contributed by atoms with Crippen LogP contribution < -0.4 is 15.5 Å². The van der Waals surface area contributed by atoms with Crippen LogP contribution in [0.5, 0.6) is 0 Å². The van der Waals surface area contributed by atoms with E-state index >= 15 is 0 Å². The van der Waals surface area contributed by atoms with Gasteiger partial charge in [0.2, 0.25) is 0 Å². The van der Waals surface area contributed by atoms with Gasteiger partial charge in [-0.2, -0.15) is 13.2 Å². The fourth-order valence-electron chi connectivity index (χ4n) is 2.34. The highest BCUT2D eigenvalue weighted by Crippen LogP contribution is 2.34. The quantitative estimate of drug-likeness (QED) is 0.760. The Labute approximate surface area is 144 Å². The topological polar surface area (TPSA) is 44.4 Å². The van der Waals surface area contributed by atoms with Gasteiger partial charge in [-0.1, -0.05) is 30.3 Å². The molecule has 0 aliphatic carbocycles. The number of hydrogen-bond donors (Lipinski definition) is 2. The van der Waals surface area contributed by atoms with E-state index in [2.05, 4.69) is 10.6 Å². The van der Waals surface area contributed by atoms with Gasteiger partial charge in [0.25, 0.3) is 0 Å². The molecule has 2 rings (SSSR count). The molecular formula is C18H20F3N3O. The van der Waals surface area contributed by atoms with Gasteiger partial charge in [0.15, 0.2) is 0 Å². The molecule has 2 amide bonds. The van der Waals surface area contributed by atoms with Crippen LogP contribution in [0.2, 0.25) is 0 Å². The minimum absolute atomic E-state index is 0.256. The molecule has 0 radical (unpaired) electrons. The van der Waals surface area contributed by atoms with Gasteiger partial charge >= 0.3 is 12.2 Å². The highest BCUT2D eigenvalue weighted by molar-refractivity contribution is 5.90. The maximum Gasteiger partial charge on any atom is 0.418 e. The summed E-state index contributed by atoms with van der Waals surface area (Å²) in [7, 11) is 1.94. The normalized spacial score (nSPS) is 11.0. The average molecular weight is 351 g/mol. The predicted molar refractivity (Wildman–Crippen MR) is 92.8 cm³/mol. The van der Waals surface area contributed by atoms with Crippen LogP contribution in [0.3, 0.4) is 0 Å². The van der Waals surface area contributed by atoms with E-state index in [1.54, 1.807) is 0 Å². The fraction of sp³-hybridized carbons (Fsp3) is 0.278. The summed E-state index contributed by atoms with van der Waals surface area (Å²) < 4.78 is 38.6. The van der Waals surface area contributed by atoms with Crippen molar-refractivity contribution in [2.45, 2.75) is 12.6 Å². The highest BCUT2D eigenvalue weighted by Gasteiger charge is 2.33. The largest absolute Gasteiger partial charge is 0.418 e. The van der Waals surface area contributed by atoms with E-state index in [0.717, 1.165) is 11.8 Å². The number of nitrogens with one attached hydrogen (secondary N) is 2. The van der Waals surface area contributed by atoms with E-state index in [4.69, 9.17) is 0 Å². The third-order valence-corrected chi connectivity index (χ3v) is 3.63. The molecule has 7 heteroatoms. The van der Waals surface area contributed by atoms with Crippen molar-refractivity contribution in [1.82, 2.24) is 5.32 Å². The number of anilines is 2. The smallest absolute Gasteiger partial charge is 0.375 e. The summed E-state index contributed by atoms with van der Waals surface area (Å²) in [6.45, 7) is 1.07. The summed E-state index contributed by atoms with van der Waals surface area (Å²) >= 11 is 0. The fourth-order valence-corrected chi connectivity index (χ4v) is 2.34. The maximum atomic E-state index is 12.9. The lowest BCUT2D eigenvalue weighted by atomic mass is 10.1. The lowest BCUT2D eigenvalue weighted by molar-refractivity contribution is -0.136. The Morgan fingerprint density at radius 2 is 1.68 bits per heavy atom. The second-order valence-electron chi connectivity index (χ2n) is 5.53. The molecule has 0 bridgehead atoms. The molecule has 4 nitrogen and oxygen atoms in total. The zero-order valence-electron chi connectivity index (χ0n) is 13.8. The number of carbonyl (C=O) groups excluding carboxylic acids is 1. The molecule has 2 N–H and O–H groups in total. The first-order chi connectivity index (χ1) is 11.9. The van der Waals surface area contributed by atoms with E-state index < -0.39 is 17.8 Å². The van der Waals surface area contributed by atoms with Crippen LogP contribution in [0.1, 0.15) is 12.0 Å². The number of halogens is 3. The van der Waals surface area contributed by atoms with Crippen molar-refractivity contribution < 1.29 is 18.0 Å². The number of nitrogens with zero attached hydrogens (tertiary/aromatic N) is 1. The Bertz CT molecular complexity index is 689. The van der Waals surface area contributed by atoms with E-state index in [9.17, 15) is 18.0 Å². The third kappa shape index (κ3) is 5.70. The molecule has 25 heavy (non-hydrogen) atoms. The van der Waals surface area contributed by atoms with Crippen molar-refractivity contribution in [1.29, 1.82) is 0 Å². The SMILES string of the molecule is CN(CCCNC(=O)Nc1ccccc1C(F)(F)F)c1ccccc1. The number of benzene rings is 2. The van der Waals surface area contributed by atoms with Crippen LogP contribution in [-0.4, -0.2) is 26.2 Å². The Morgan fingerprint density at radius 3 is 2.36 bits per heavy atom. The maximum absolute atomic E-state index is 12.9. The predicted octanol–water partition coefficient (Wildman–Crippen LogP) is 4.35. The van der Waals surface area contributed by atoms with Gasteiger partial charge in [-0.25, -0.2) is 4.79 Å². The van der Waals surface area contributed by atoms with Crippen molar-refractivity contribution >= 4 is 17.4 Å². The third-order valence-electron chi connectivity index (χ3n) is 3.63. The number of carbonyl (C=O) groups is 1. The van der Waals surface area contributed by atoms with Crippen molar-refractivity contribution in [2.75, 3.05) is 30.4 Å². The zero-order chi connectivity index (χ0) is 18.3. The van der Waals surface area contributed by atoms with E-state index in [1.807, 2.05) is 42.3 Å². The van der Waals surface area contributed by atoms with Crippen molar-refractivity contribution in [3.63, 3.8) is 0 Å². The van der Waals surface area contributed by atoms with E-state index in [0.29, 0.717) is 19.5 Å². The van der Waals surface area contributed by atoms with Crippen molar-refractivity contribution in [3.8, 4) is 0 Å². The lowest BCUT2D eigenvalue weighted by Gasteiger charge is -2.19. The molecule has 0 aliphatic rings. The summed E-state index contributed by atoms with van der Waals surface area (Å²) in [5, 5.41) is 4.83. The first kappa shape index (κ1) is 18.6. The molecule has 2 aromatic carbocycles. The van der Waals surface area contributed by atoms with E-state index in [-0.39, 0.29) is 5.69 Å². The van der Waals surface area contributed by atoms with Crippen LogP contribution in [-0.2, 0) is 6.18 Å². The second kappa shape index (κ2) is 8.41. The first-order valence-corrected chi connectivity index (χ1v) is 7.85. The molecule has 0 spiro atoms. The minimum Gasteiger partial charge on any atom is -0.375 e. The molecule has 134 valence electrons.